The van der Waals surface area contributed by atoms with Gasteiger partial charge in [0.05, 0.1) is 12.5 Å². The average Bonchev–Trinajstić information content (AvgIpc) is 3.03. The van der Waals surface area contributed by atoms with Crippen LogP contribution in [0.4, 0.5) is 0 Å². The highest BCUT2D eigenvalue weighted by Gasteiger charge is 2.27. The molecule has 3 N–H and O–H groups in total. The molecule has 0 saturated carbocycles. The van der Waals surface area contributed by atoms with E-state index in [1.807, 2.05) is 0 Å². The molecule has 1 saturated heterocycles. The number of methoxy groups -OCH3 is 1. The van der Waals surface area contributed by atoms with Gasteiger partial charge in [0.25, 0.3) is 0 Å². The van der Waals surface area contributed by atoms with E-state index in [9.17, 15) is 4.79 Å². The second-order valence-electron chi connectivity index (χ2n) is 5.99. The summed E-state index contributed by atoms with van der Waals surface area (Å²) in [5.74, 6) is 0.693. The van der Waals surface area contributed by atoms with E-state index in [4.69, 9.17) is 10.5 Å². The number of nitrogens with zero attached hydrogens (tertiary/aromatic N) is 1. The van der Waals surface area contributed by atoms with Crippen LogP contribution < -0.4 is 11.1 Å². The van der Waals surface area contributed by atoms with Gasteiger partial charge in [0.15, 0.2) is 0 Å². The number of likely N-dealkylation sites (tertiary alicyclic amines) is 1. The van der Waals surface area contributed by atoms with Gasteiger partial charge < -0.3 is 15.8 Å². The van der Waals surface area contributed by atoms with E-state index in [0.29, 0.717) is 24.9 Å². The SMILES string of the molecule is CCC(CC)C(CNC(=O)CC(CN)OC)N1CCCC1.Cl.Cl. The molecular weight excluding hydrogens is 337 g/mol. The molecule has 0 aromatic rings. The number of hydrogen-bond acceptors (Lipinski definition) is 4. The Morgan fingerprint density at radius 1 is 1.22 bits per heavy atom. The highest BCUT2D eigenvalue weighted by atomic mass is 35.5. The van der Waals surface area contributed by atoms with E-state index in [2.05, 4.69) is 24.1 Å². The van der Waals surface area contributed by atoms with Crippen LogP contribution in [0.1, 0.15) is 46.0 Å². The highest BCUT2D eigenvalue weighted by Crippen LogP contribution is 2.22. The van der Waals surface area contributed by atoms with Crippen LogP contribution in [0, 0.1) is 5.92 Å². The molecule has 1 aliphatic rings. The van der Waals surface area contributed by atoms with Gasteiger partial charge in [-0.1, -0.05) is 26.7 Å². The molecule has 1 rings (SSSR count). The Morgan fingerprint density at radius 3 is 2.22 bits per heavy atom. The number of carbonyl (C=O) groups excluding carboxylic acids is 1. The van der Waals surface area contributed by atoms with Crippen LogP contribution in [-0.4, -0.2) is 56.2 Å². The molecule has 140 valence electrons. The Labute approximate surface area is 153 Å². The summed E-state index contributed by atoms with van der Waals surface area (Å²) in [5.41, 5.74) is 5.57. The molecule has 2 unspecified atom stereocenters. The van der Waals surface area contributed by atoms with Gasteiger partial charge in [-0.2, -0.15) is 0 Å². The van der Waals surface area contributed by atoms with E-state index in [1.54, 1.807) is 7.11 Å². The van der Waals surface area contributed by atoms with Crippen molar-refractivity contribution < 1.29 is 9.53 Å². The summed E-state index contributed by atoms with van der Waals surface area (Å²) in [7, 11) is 1.60. The van der Waals surface area contributed by atoms with Crippen molar-refractivity contribution in [2.45, 2.75) is 58.1 Å². The van der Waals surface area contributed by atoms with Gasteiger partial charge in [-0.05, 0) is 31.8 Å². The van der Waals surface area contributed by atoms with E-state index in [-0.39, 0.29) is 36.8 Å². The third-order valence-corrected chi connectivity index (χ3v) is 4.72. The Hall–Kier alpha value is -0.0700. The fourth-order valence-electron chi connectivity index (χ4n) is 3.26. The molecule has 1 fully saturated rings. The normalized spacial score (nSPS) is 17.3. The van der Waals surface area contributed by atoms with Crippen molar-refractivity contribution in [2.75, 3.05) is 33.3 Å². The smallest absolute Gasteiger partial charge is 0.222 e. The molecule has 5 nitrogen and oxygen atoms in total. The molecule has 23 heavy (non-hydrogen) atoms. The van der Waals surface area contributed by atoms with Gasteiger partial charge in [-0.3, -0.25) is 9.69 Å². The molecule has 2 atom stereocenters. The number of halogens is 2. The molecule has 0 radical (unpaired) electrons. The lowest BCUT2D eigenvalue weighted by atomic mass is 9.93. The van der Waals surface area contributed by atoms with Crippen LogP contribution in [0.2, 0.25) is 0 Å². The van der Waals surface area contributed by atoms with Crippen LogP contribution in [0.5, 0.6) is 0 Å². The largest absolute Gasteiger partial charge is 0.380 e. The lowest BCUT2D eigenvalue weighted by Gasteiger charge is -2.34. The van der Waals surface area contributed by atoms with E-state index in [1.165, 1.54) is 25.9 Å². The Morgan fingerprint density at radius 2 is 1.78 bits per heavy atom. The number of nitrogens with one attached hydrogen (secondary N) is 1. The zero-order valence-corrected chi connectivity index (χ0v) is 16.4. The molecule has 0 aromatic heterocycles. The van der Waals surface area contributed by atoms with Gasteiger partial charge in [-0.15, -0.1) is 24.8 Å². The summed E-state index contributed by atoms with van der Waals surface area (Å²) in [6.07, 6.45) is 5.06. The molecule has 1 amide bonds. The number of amides is 1. The number of rotatable bonds is 10. The van der Waals surface area contributed by atoms with Crippen LogP contribution in [-0.2, 0) is 9.53 Å². The first-order valence-electron chi connectivity index (χ1n) is 8.39. The topological polar surface area (TPSA) is 67.6 Å². The van der Waals surface area contributed by atoms with Gasteiger partial charge in [0, 0.05) is 26.2 Å². The van der Waals surface area contributed by atoms with Crippen LogP contribution in [0.15, 0.2) is 0 Å². The summed E-state index contributed by atoms with van der Waals surface area (Å²) >= 11 is 0. The minimum absolute atomic E-state index is 0. The summed E-state index contributed by atoms with van der Waals surface area (Å²) in [6, 6.07) is 0.463. The van der Waals surface area contributed by atoms with E-state index < -0.39 is 0 Å². The van der Waals surface area contributed by atoms with Crippen molar-refractivity contribution in [1.29, 1.82) is 0 Å². The lowest BCUT2D eigenvalue weighted by molar-refractivity contribution is -0.123. The first-order valence-corrected chi connectivity index (χ1v) is 8.39. The fraction of sp³-hybridized carbons (Fsp3) is 0.938. The minimum Gasteiger partial charge on any atom is -0.380 e. The predicted molar refractivity (Wildman–Crippen MR) is 101 cm³/mol. The molecule has 0 spiro atoms. The molecular formula is C16H35Cl2N3O2. The van der Waals surface area contributed by atoms with Crippen molar-refractivity contribution in [2.24, 2.45) is 11.7 Å². The van der Waals surface area contributed by atoms with Crippen molar-refractivity contribution >= 4 is 30.7 Å². The Kier molecular flexibility index (Phi) is 15.6. The van der Waals surface area contributed by atoms with Crippen molar-refractivity contribution in [1.82, 2.24) is 10.2 Å². The predicted octanol–water partition coefficient (Wildman–Crippen LogP) is 2.21. The first-order chi connectivity index (χ1) is 10.2. The second-order valence-corrected chi connectivity index (χ2v) is 5.99. The van der Waals surface area contributed by atoms with Crippen molar-refractivity contribution in [3.05, 3.63) is 0 Å². The lowest BCUT2D eigenvalue weighted by Crippen LogP contribution is -2.47. The third kappa shape index (κ3) is 8.54. The molecule has 0 bridgehead atoms. The molecule has 1 heterocycles. The summed E-state index contributed by atoms with van der Waals surface area (Å²) in [5, 5.41) is 3.09. The quantitative estimate of drug-likeness (QED) is 0.617. The van der Waals surface area contributed by atoms with Gasteiger partial charge in [0.1, 0.15) is 0 Å². The zero-order chi connectivity index (χ0) is 15.7. The summed E-state index contributed by atoms with van der Waals surface area (Å²) in [6.45, 7) is 7.95. The van der Waals surface area contributed by atoms with Crippen molar-refractivity contribution in [3.8, 4) is 0 Å². The standard InChI is InChI=1S/C16H33N3O2.2ClH/c1-4-13(5-2)15(19-8-6-7-9-19)12-18-16(20)10-14(11-17)21-3;;/h13-15H,4-12,17H2,1-3H3,(H,18,20);2*1H. The molecule has 1 aliphatic heterocycles. The summed E-state index contributed by atoms with van der Waals surface area (Å²) < 4.78 is 5.17. The van der Waals surface area contributed by atoms with Gasteiger partial charge in [-0.25, -0.2) is 0 Å². The van der Waals surface area contributed by atoms with Crippen LogP contribution in [0.25, 0.3) is 0 Å². The molecule has 0 aromatic carbocycles. The second kappa shape index (κ2) is 14.3. The monoisotopic (exact) mass is 371 g/mol. The first kappa shape index (κ1) is 25.2. The molecule has 0 aliphatic carbocycles. The van der Waals surface area contributed by atoms with E-state index in [0.717, 1.165) is 19.4 Å². The number of carbonyl (C=O) groups is 1. The number of ether oxygens (including phenoxy) is 1. The number of hydrogen-bond donors (Lipinski definition) is 2. The summed E-state index contributed by atoms with van der Waals surface area (Å²) in [4.78, 5) is 14.6. The maximum absolute atomic E-state index is 12.0. The van der Waals surface area contributed by atoms with E-state index >= 15 is 0 Å². The fourth-order valence-corrected chi connectivity index (χ4v) is 3.26. The highest BCUT2D eigenvalue weighted by molar-refractivity contribution is 5.85. The Balaban J connectivity index is 0. The minimum atomic E-state index is -0.177. The maximum Gasteiger partial charge on any atom is 0.222 e. The Bertz CT molecular complexity index is 293. The van der Waals surface area contributed by atoms with Crippen molar-refractivity contribution in [3.63, 3.8) is 0 Å². The maximum atomic E-state index is 12.0. The average molecular weight is 372 g/mol. The van der Waals surface area contributed by atoms with Crippen LogP contribution >= 0.6 is 24.8 Å². The van der Waals surface area contributed by atoms with Crippen LogP contribution in [0.3, 0.4) is 0 Å². The number of nitrogens with two attached hydrogens (primary N) is 1. The van der Waals surface area contributed by atoms with Gasteiger partial charge in [0.2, 0.25) is 5.91 Å². The third-order valence-electron chi connectivity index (χ3n) is 4.72. The molecule has 7 heteroatoms. The zero-order valence-electron chi connectivity index (χ0n) is 14.8. The van der Waals surface area contributed by atoms with Gasteiger partial charge >= 0.3 is 0 Å².